The van der Waals surface area contributed by atoms with Crippen LogP contribution in [0.3, 0.4) is 0 Å². The highest BCUT2D eigenvalue weighted by Crippen LogP contribution is 2.24. The van der Waals surface area contributed by atoms with E-state index in [0.717, 1.165) is 22.1 Å². The van der Waals surface area contributed by atoms with Crippen LogP contribution in [-0.2, 0) is 13.0 Å². The molecule has 3 aromatic rings. The topological polar surface area (TPSA) is 92.3 Å². The van der Waals surface area contributed by atoms with E-state index in [1.807, 2.05) is 31.2 Å². The lowest BCUT2D eigenvalue weighted by atomic mass is 10.0. The van der Waals surface area contributed by atoms with E-state index in [9.17, 15) is 20.0 Å². The van der Waals surface area contributed by atoms with Gasteiger partial charge in [0.25, 0.3) is 5.56 Å². The Balaban J connectivity index is 1.94. The van der Waals surface area contributed by atoms with Gasteiger partial charge < -0.3 is 9.84 Å². The second-order valence-corrected chi connectivity index (χ2v) is 6.90. The van der Waals surface area contributed by atoms with Crippen molar-refractivity contribution >= 4 is 5.78 Å². The van der Waals surface area contributed by atoms with Crippen LogP contribution in [0, 0.1) is 18.3 Å². The predicted octanol–water partition coefficient (Wildman–Crippen LogP) is 3.61. The molecule has 0 aliphatic carbocycles. The Labute approximate surface area is 174 Å². The molecule has 30 heavy (non-hydrogen) atoms. The molecule has 0 aliphatic heterocycles. The van der Waals surface area contributed by atoms with Crippen LogP contribution < -0.4 is 10.3 Å². The zero-order valence-corrected chi connectivity index (χ0v) is 16.9. The number of aromatic nitrogens is 1. The first-order chi connectivity index (χ1) is 14.5. The van der Waals surface area contributed by atoms with E-state index in [0.29, 0.717) is 5.75 Å². The average molecular weight is 402 g/mol. The average Bonchev–Trinajstić information content (AvgIpc) is 2.76. The van der Waals surface area contributed by atoms with Gasteiger partial charge in [-0.15, -0.1) is 0 Å². The molecule has 3 rings (SSSR count). The van der Waals surface area contributed by atoms with Crippen LogP contribution in [0.1, 0.15) is 39.5 Å². The maximum atomic E-state index is 12.9. The first kappa shape index (κ1) is 20.9. The molecular weight excluding hydrogens is 380 g/mol. The van der Waals surface area contributed by atoms with Crippen LogP contribution in [0.5, 0.6) is 11.6 Å². The number of hydrogen-bond donors (Lipinski definition) is 1. The summed E-state index contributed by atoms with van der Waals surface area (Å²) in [5, 5.41) is 20.2. The molecule has 1 N–H and O–H groups in total. The molecule has 0 spiro atoms. The van der Waals surface area contributed by atoms with Gasteiger partial charge in [-0.1, -0.05) is 49.4 Å². The number of ether oxygens (including phenoxy) is 1. The number of hydrogen-bond acceptors (Lipinski definition) is 5. The molecule has 6 heteroatoms. The minimum atomic E-state index is -0.635. The molecule has 6 nitrogen and oxygen atoms in total. The minimum absolute atomic E-state index is 0.0417. The van der Waals surface area contributed by atoms with Crippen molar-refractivity contribution in [1.29, 1.82) is 5.26 Å². The number of pyridine rings is 1. The molecule has 2 aromatic carbocycles. The lowest BCUT2D eigenvalue weighted by molar-refractivity contribution is 0.0916. The van der Waals surface area contributed by atoms with E-state index in [-0.39, 0.29) is 29.8 Å². The van der Waals surface area contributed by atoms with Gasteiger partial charge in [0.05, 0.1) is 12.1 Å². The van der Waals surface area contributed by atoms with E-state index in [4.69, 9.17) is 4.74 Å². The summed E-state index contributed by atoms with van der Waals surface area (Å²) >= 11 is 0. The fourth-order valence-electron chi connectivity index (χ4n) is 3.24. The molecule has 152 valence electrons. The summed E-state index contributed by atoms with van der Waals surface area (Å²) in [5.74, 6) is -0.450. The SMILES string of the molecule is CCc1ccc(OCC(=O)c2c(C)c(C#N)c(=O)n(Cc3ccccc3)c2O)cc1. The van der Waals surface area contributed by atoms with Gasteiger partial charge in [0, 0.05) is 0 Å². The van der Waals surface area contributed by atoms with Gasteiger partial charge in [-0.25, -0.2) is 0 Å². The Morgan fingerprint density at radius 1 is 1.10 bits per heavy atom. The van der Waals surface area contributed by atoms with Crippen LogP contribution >= 0.6 is 0 Å². The van der Waals surface area contributed by atoms with Gasteiger partial charge in [-0.2, -0.15) is 5.26 Å². The fraction of sp³-hybridized carbons (Fsp3) is 0.208. The van der Waals surface area contributed by atoms with Gasteiger partial charge in [-0.05, 0) is 42.2 Å². The van der Waals surface area contributed by atoms with E-state index in [2.05, 4.69) is 0 Å². The summed E-state index contributed by atoms with van der Waals surface area (Å²) in [6.07, 6.45) is 0.895. The summed E-state index contributed by atoms with van der Waals surface area (Å²) in [4.78, 5) is 25.6. The molecular formula is C24H22N2O4. The number of carbonyl (C=O) groups excluding carboxylic acids is 1. The van der Waals surface area contributed by atoms with Gasteiger partial charge >= 0.3 is 0 Å². The zero-order chi connectivity index (χ0) is 21.7. The van der Waals surface area contributed by atoms with Crippen molar-refractivity contribution in [2.75, 3.05) is 6.61 Å². The van der Waals surface area contributed by atoms with E-state index < -0.39 is 17.2 Å². The number of nitrogens with zero attached hydrogens (tertiary/aromatic N) is 2. The summed E-state index contributed by atoms with van der Waals surface area (Å²) in [7, 11) is 0. The van der Waals surface area contributed by atoms with Gasteiger partial charge in [0.1, 0.15) is 17.4 Å². The van der Waals surface area contributed by atoms with E-state index >= 15 is 0 Å². The molecule has 0 atom stereocenters. The molecule has 0 aliphatic rings. The fourth-order valence-corrected chi connectivity index (χ4v) is 3.24. The molecule has 1 aromatic heterocycles. The number of aromatic hydroxyl groups is 1. The quantitative estimate of drug-likeness (QED) is 0.610. The number of nitriles is 1. The number of benzene rings is 2. The molecule has 0 radical (unpaired) electrons. The van der Waals surface area contributed by atoms with E-state index in [1.165, 1.54) is 6.92 Å². The summed E-state index contributed by atoms with van der Waals surface area (Å²) in [5.41, 5.74) is 1.18. The first-order valence-electron chi connectivity index (χ1n) is 9.61. The van der Waals surface area contributed by atoms with Crippen LogP contribution in [-0.4, -0.2) is 22.1 Å². The normalized spacial score (nSPS) is 10.4. The number of rotatable bonds is 7. The van der Waals surface area contributed by atoms with Crippen molar-refractivity contribution in [2.45, 2.75) is 26.8 Å². The molecule has 0 fully saturated rings. The highest BCUT2D eigenvalue weighted by molar-refractivity contribution is 6.01. The third-order valence-electron chi connectivity index (χ3n) is 4.96. The third kappa shape index (κ3) is 4.26. The van der Waals surface area contributed by atoms with Crippen molar-refractivity contribution in [3.05, 3.63) is 92.8 Å². The molecule has 0 unspecified atom stereocenters. The smallest absolute Gasteiger partial charge is 0.271 e. The highest BCUT2D eigenvalue weighted by Gasteiger charge is 2.24. The lowest BCUT2D eigenvalue weighted by Gasteiger charge is -2.16. The maximum Gasteiger partial charge on any atom is 0.271 e. The molecule has 0 saturated heterocycles. The first-order valence-corrected chi connectivity index (χ1v) is 9.61. The largest absolute Gasteiger partial charge is 0.494 e. The van der Waals surface area contributed by atoms with Crippen molar-refractivity contribution in [3.63, 3.8) is 0 Å². The van der Waals surface area contributed by atoms with Crippen LogP contribution in [0.2, 0.25) is 0 Å². The summed E-state index contributed by atoms with van der Waals surface area (Å²) < 4.78 is 6.61. The Morgan fingerprint density at radius 2 is 1.77 bits per heavy atom. The van der Waals surface area contributed by atoms with Gasteiger partial charge in [-0.3, -0.25) is 14.2 Å². The Hall–Kier alpha value is -3.85. The second kappa shape index (κ2) is 9.10. The molecule has 0 bridgehead atoms. The van der Waals surface area contributed by atoms with Crippen LogP contribution in [0.25, 0.3) is 0 Å². The third-order valence-corrected chi connectivity index (χ3v) is 4.96. The number of Topliss-reactive ketones (excluding diaryl/α,β-unsaturated/α-hetero) is 1. The molecule has 1 heterocycles. The lowest BCUT2D eigenvalue weighted by Crippen LogP contribution is -2.28. The Kier molecular flexibility index (Phi) is 6.33. The summed E-state index contributed by atoms with van der Waals surface area (Å²) in [6.45, 7) is 3.24. The van der Waals surface area contributed by atoms with Crippen LogP contribution in [0.15, 0.2) is 59.4 Å². The predicted molar refractivity (Wildman–Crippen MR) is 113 cm³/mol. The second-order valence-electron chi connectivity index (χ2n) is 6.90. The van der Waals surface area contributed by atoms with Crippen molar-refractivity contribution in [2.24, 2.45) is 0 Å². The van der Waals surface area contributed by atoms with Gasteiger partial charge in [0.15, 0.2) is 6.61 Å². The maximum absolute atomic E-state index is 12.9. The molecule has 0 amide bonds. The Morgan fingerprint density at radius 3 is 2.37 bits per heavy atom. The van der Waals surface area contributed by atoms with Gasteiger partial charge in [0.2, 0.25) is 11.7 Å². The number of carbonyl (C=O) groups is 1. The Bertz CT molecular complexity index is 1160. The van der Waals surface area contributed by atoms with E-state index in [1.54, 1.807) is 36.4 Å². The number of ketones is 1. The summed E-state index contributed by atoms with van der Waals surface area (Å²) in [6, 6.07) is 18.3. The van der Waals surface area contributed by atoms with Crippen molar-refractivity contribution in [3.8, 4) is 17.7 Å². The van der Waals surface area contributed by atoms with Crippen molar-refractivity contribution in [1.82, 2.24) is 4.57 Å². The highest BCUT2D eigenvalue weighted by atomic mass is 16.5. The van der Waals surface area contributed by atoms with Crippen molar-refractivity contribution < 1.29 is 14.6 Å². The molecule has 0 saturated carbocycles. The standard InChI is InChI=1S/C24H22N2O4/c1-3-17-9-11-19(12-10-17)30-15-21(27)22-16(2)20(13-25)23(28)26(24(22)29)14-18-7-5-4-6-8-18/h4-12,29H,3,14-15H2,1-2H3. The zero-order valence-electron chi connectivity index (χ0n) is 16.9. The monoisotopic (exact) mass is 402 g/mol. The van der Waals surface area contributed by atoms with Crippen LogP contribution in [0.4, 0.5) is 0 Å². The number of aryl methyl sites for hydroxylation is 1. The minimum Gasteiger partial charge on any atom is -0.494 e.